The van der Waals surface area contributed by atoms with Crippen molar-refractivity contribution in [1.29, 1.82) is 0 Å². The predicted octanol–water partition coefficient (Wildman–Crippen LogP) is 2.25. The molecule has 1 rings (SSSR count). The van der Waals surface area contributed by atoms with Gasteiger partial charge in [0.1, 0.15) is 0 Å². The molecule has 3 nitrogen and oxygen atoms in total. The van der Waals surface area contributed by atoms with Gasteiger partial charge in [-0.3, -0.25) is 4.79 Å². The van der Waals surface area contributed by atoms with Crippen LogP contribution in [0.2, 0.25) is 0 Å². The molecule has 0 bridgehead atoms. The Balaban J connectivity index is 2.57. The molecule has 0 spiro atoms. The fraction of sp³-hybridized carbons (Fsp3) is 0.500. The molecular formula is C14H22N2O. The fourth-order valence-electron chi connectivity index (χ4n) is 1.80. The van der Waals surface area contributed by atoms with Crippen molar-refractivity contribution in [3.8, 4) is 0 Å². The zero-order chi connectivity index (χ0) is 12.5. The lowest BCUT2D eigenvalue weighted by atomic mass is 10.0. The van der Waals surface area contributed by atoms with Crippen molar-refractivity contribution in [2.24, 2.45) is 0 Å². The summed E-state index contributed by atoms with van der Waals surface area (Å²) in [6.07, 6.45) is 2.57. The van der Waals surface area contributed by atoms with Gasteiger partial charge in [0.15, 0.2) is 0 Å². The van der Waals surface area contributed by atoms with Gasteiger partial charge in [0, 0.05) is 13.0 Å². The van der Waals surface area contributed by atoms with E-state index in [1.54, 1.807) is 0 Å². The molecule has 0 aliphatic rings. The third-order valence-electron chi connectivity index (χ3n) is 2.72. The fourth-order valence-corrected chi connectivity index (χ4v) is 1.80. The predicted molar refractivity (Wildman–Crippen MR) is 70.8 cm³/mol. The molecule has 3 heteroatoms. The Morgan fingerprint density at radius 2 is 2.00 bits per heavy atom. The summed E-state index contributed by atoms with van der Waals surface area (Å²) in [6, 6.07) is 10.3. The lowest BCUT2D eigenvalue weighted by molar-refractivity contribution is -0.121. The van der Waals surface area contributed by atoms with Crippen LogP contribution in [0.15, 0.2) is 30.3 Å². The number of rotatable bonds is 7. The highest BCUT2D eigenvalue weighted by molar-refractivity contribution is 5.76. The maximum atomic E-state index is 11.7. The lowest BCUT2D eigenvalue weighted by Gasteiger charge is -2.18. The molecule has 17 heavy (non-hydrogen) atoms. The van der Waals surface area contributed by atoms with Crippen molar-refractivity contribution >= 4 is 5.91 Å². The molecule has 1 aromatic rings. The van der Waals surface area contributed by atoms with Crippen molar-refractivity contribution in [2.75, 3.05) is 13.6 Å². The Bertz CT molecular complexity index is 324. The number of carbonyl (C=O) groups excluding carboxylic acids is 1. The van der Waals surface area contributed by atoms with Crippen LogP contribution in [0.1, 0.15) is 37.8 Å². The van der Waals surface area contributed by atoms with Gasteiger partial charge in [0.25, 0.3) is 0 Å². The molecule has 0 fully saturated rings. The Kier molecular flexibility index (Phi) is 6.33. The smallest absolute Gasteiger partial charge is 0.221 e. The molecule has 0 radical (unpaired) electrons. The van der Waals surface area contributed by atoms with Crippen LogP contribution < -0.4 is 10.6 Å². The van der Waals surface area contributed by atoms with Crippen LogP contribution in [0.3, 0.4) is 0 Å². The van der Waals surface area contributed by atoms with Crippen LogP contribution in [0.25, 0.3) is 0 Å². The maximum absolute atomic E-state index is 11.7. The molecule has 0 saturated carbocycles. The maximum Gasteiger partial charge on any atom is 0.221 e. The summed E-state index contributed by atoms with van der Waals surface area (Å²) >= 11 is 0. The molecule has 1 unspecified atom stereocenters. The van der Waals surface area contributed by atoms with E-state index in [4.69, 9.17) is 0 Å². The van der Waals surface area contributed by atoms with E-state index in [1.165, 1.54) is 5.56 Å². The Hall–Kier alpha value is -1.35. The number of nitrogens with one attached hydrogen (secondary N) is 2. The molecule has 0 aliphatic heterocycles. The average Bonchev–Trinajstić information content (AvgIpc) is 2.37. The van der Waals surface area contributed by atoms with E-state index in [0.29, 0.717) is 6.42 Å². The van der Waals surface area contributed by atoms with Crippen LogP contribution in [0.4, 0.5) is 0 Å². The van der Waals surface area contributed by atoms with Crippen LogP contribution in [-0.4, -0.2) is 19.5 Å². The number of carbonyl (C=O) groups is 1. The third-order valence-corrected chi connectivity index (χ3v) is 2.72. The SMILES string of the molecule is CCCC(NC(=O)CCNC)c1ccccc1. The third kappa shape index (κ3) is 5.00. The van der Waals surface area contributed by atoms with Gasteiger partial charge in [-0.25, -0.2) is 0 Å². The second kappa shape index (κ2) is 7.85. The minimum atomic E-state index is 0.113. The van der Waals surface area contributed by atoms with Gasteiger partial charge in [0.05, 0.1) is 6.04 Å². The van der Waals surface area contributed by atoms with E-state index < -0.39 is 0 Å². The molecule has 1 aromatic carbocycles. The van der Waals surface area contributed by atoms with Crippen LogP contribution in [0, 0.1) is 0 Å². The van der Waals surface area contributed by atoms with E-state index in [9.17, 15) is 4.79 Å². The number of amides is 1. The molecule has 0 heterocycles. The van der Waals surface area contributed by atoms with E-state index in [0.717, 1.165) is 19.4 Å². The van der Waals surface area contributed by atoms with Crippen LogP contribution >= 0.6 is 0 Å². The highest BCUT2D eigenvalue weighted by Gasteiger charge is 2.12. The first-order chi connectivity index (χ1) is 8.27. The standard InChI is InChI=1S/C14H22N2O/c1-3-7-13(12-8-5-4-6-9-12)16-14(17)10-11-15-2/h4-6,8-9,13,15H,3,7,10-11H2,1-2H3,(H,16,17). The van der Waals surface area contributed by atoms with Crippen molar-refractivity contribution in [3.05, 3.63) is 35.9 Å². The second-order valence-electron chi connectivity index (χ2n) is 4.17. The molecule has 1 amide bonds. The first-order valence-corrected chi connectivity index (χ1v) is 6.26. The van der Waals surface area contributed by atoms with E-state index in [-0.39, 0.29) is 11.9 Å². The Morgan fingerprint density at radius 3 is 2.59 bits per heavy atom. The summed E-state index contributed by atoms with van der Waals surface area (Å²) < 4.78 is 0. The molecule has 94 valence electrons. The molecule has 2 N–H and O–H groups in total. The quantitative estimate of drug-likeness (QED) is 0.759. The van der Waals surface area contributed by atoms with Crippen LogP contribution in [0.5, 0.6) is 0 Å². The first-order valence-electron chi connectivity index (χ1n) is 6.26. The van der Waals surface area contributed by atoms with E-state index in [2.05, 4.69) is 29.7 Å². The van der Waals surface area contributed by atoms with Gasteiger partial charge in [-0.1, -0.05) is 43.7 Å². The van der Waals surface area contributed by atoms with Gasteiger partial charge in [-0.15, -0.1) is 0 Å². The number of hydrogen-bond donors (Lipinski definition) is 2. The van der Waals surface area contributed by atoms with E-state index in [1.807, 2.05) is 25.2 Å². The van der Waals surface area contributed by atoms with E-state index >= 15 is 0 Å². The first kappa shape index (κ1) is 13.7. The largest absolute Gasteiger partial charge is 0.349 e. The molecule has 0 aromatic heterocycles. The summed E-state index contributed by atoms with van der Waals surface area (Å²) in [6.45, 7) is 2.86. The summed E-state index contributed by atoms with van der Waals surface area (Å²) in [4.78, 5) is 11.7. The van der Waals surface area contributed by atoms with Crippen molar-refractivity contribution in [3.63, 3.8) is 0 Å². The topological polar surface area (TPSA) is 41.1 Å². The minimum absolute atomic E-state index is 0.113. The zero-order valence-corrected chi connectivity index (χ0v) is 10.7. The number of benzene rings is 1. The molecular weight excluding hydrogens is 212 g/mol. The normalized spacial score (nSPS) is 12.1. The Morgan fingerprint density at radius 1 is 1.29 bits per heavy atom. The summed E-state index contributed by atoms with van der Waals surface area (Å²) in [7, 11) is 1.86. The second-order valence-corrected chi connectivity index (χ2v) is 4.17. The van der Waals surface area contributed by atoms with Gasteiger partial charge in [0.2, 0.25) is 5.91 Å². The van der Waals surface area contributed by atoms with Gasteiger partial charge < -0.3 is 10.6 Å². The van der Waals surface area contributed by atoms with Gasteiger partial charge >= 0.3 is 0 Å². The molecule has 1 atom stereocenters. The van der Waals surface area contributed by atoms with Crippen molar-refractivity contribution in [1.82, 2.24) is 10.6 Å². The summed E-state index contributed by atoms with van der Waals surface area (Å²) in [5, 5.41) is 6.07. The molecule has 0 aliphatic carbocycles. The number of hydrogen-bond acceptors (Lipinski definition) is 2. The van der Waals surface area contributed by atoms with Crippen molar-refractivity contribution < 1.29 is 4.79 Å². The highest BCUT2D eigenvalue weighted by Crippen LogP contribution is 2.17. The minimum Gasteiger partial charge on any atom is -0.349 e. The highest BCUT2D eigenvalue weighted by atomic mass is 16.1. The molecule has 0 saturated heterocycles. The van der Waals surface area contributed by atoms with Crippen molar-refractivity contribution in [2.45, 2.75) is 32.2 Å². The van der Waals surface area contributed by atoms with Gasteiger partial charge in [-0.2, -0.15) is 0 Å². The summed E-state index contributed by atoms with van der Waals surface area (Å²) in [5.74, 6) is 0.113. The summed E-state index contributed by atoms with van der Waals surface area (Å²) in [5.41, 5.74) is 1.19. The lowest BCUT2D eigenvalue weighted by Crippen LogP contribution is -2.30. The Labute approximate surface area is 104 Å². The average molecular weight is 234 g/mol. The zero-order valence-electron chi connectivity index (χ0n) is 10.7. The van der Waals surface area contributed by atoms with Crippen LogP contribution in [-0.2, 0) is 4.79 Å². The monoisotopic (exact) mass is 234 g/mol. The van der Waals surface area contributed by atoms with Gasteiger partial charge in [-0.05, 0) is 19.0 Å².